The molecule has 0 N–H and O–H groups in total. The highest BCUT2D eigenvalue weighted by atomic mass is 16.6. The van der Waals surface area contributed by atoms with Gasteiger partial charge >= 0.3 is 5.97 Å². The van der Waals surface area contributed by atoms with Crippen molar-refractivity contribution in [3.63, 3.8) is 0 Å². The first kappa shape index (κ1) is 19.4. The van der Waals surface area contributed by atoms with Gasteiger partial charge in [-0.15, -0.1) is 10.2 Å². The van der Waals surface area contributed by atoms with Gasteiger partial charge in [-0.3, -0.25) is 0 Å². The van der Waals surface area contributed by atoms with Crippen molar-refractivity contribution < 1.29 is 23.4 Å². The monoisotopic (exact) mass is 382 g/mol. The van der Waals surface area contributed by atoms with Crippen LogP contribution in [0.5, 0.6) is 11.5 Å². The van der Waals surface area contributed by atoms with E-state index in [2.05, 4.69) is 10.2 Å². The molecule has 0 bridgehead atoms. The van der Waals surface area contributed by atoms with Crippen molar-refractivity contribution in [3.05, 3.63) is 59.5 Å². The van der Waals surface area contributed by atoms with E-state index in [-0.39, 0.29) is 12.5 Å². The Morgan fingerprint density at radius 2 is 1.86 bits per heavy atom. The number of aryl methyl sites for hydroxylation is 1. The van der Waals surface area contributed by atoms with Crippen LogP contribution in [-0.4, -0.2) is 29.9 Å². The minimum absolute atomic E-state index is 0.200. The van der Waals surface area contributed by atoms with Gasteiger partial charge in [-0.25, -0.2) is 4.79 Å². The second-order valence-corrected chi connectivity index (χ2v) is 6.29. The number of hydrogen-bond donors (Lipinski definition) is 0. The first-order chi connectivity index (χ1) is 13.5. The van der Waals surface area contributed by atoms with Crippen LogP contribution in [0.4, 0.5) is 0 Å². The van der Waals surface area contributed by atoms with Gasteiger partial charge in [0.25, 0.3) is 5.89 Å². The van der Waals surface area contributed by atoms with Crippen LogP contribution in [0.3, 0.4) is 0 Å². The molecule has 28 heavy (non-hydrogen) atoms. The highest BCUT2D eigenvalue weighted by Crippen LogP contribution is 2.25. The fraction of sp³-hybridized carbons (Fsp3) is 0.286. The molecule has 0 aliphatic heterocycles. The van der Waals surface area contributed by atoms with Crippen molar-refractivity contribution in [1.82, 2.24) is 10.2 Å². The molecule has 7 nitrogen and oxygen atoms in total. The van der Waals surface area contributed by atoms with E-state index in [9.17, 15) is 4.79 Å². The molecular formula is C21H22N2O5. The summed E-state index contributed by atoms with van der Waals surface area (Å²) in [5, 5.41) is 7.97. The fourth-order valence-electron chi connectivity index (χ4n) is 2.55. The molecule has 0 spiro atoms. The minimum atomic E-state index is -0.686. The van der Waals surface area contributed by atoms with Crippen LogP contribution in [0.2, 0.25) is 0 Å². The maximum Gasteiger partial charge on any atom is 0.344 e. The number of esters is 1. The standard InChI is InChI=1S/C21H22N2O5/c1-13-6-5-7-18(14(13)2)26-12-19(24)27-15(3)20-22-23-21(28-20)16-8-10-17(25-4)11-9-16/h5-11,15H,12H2,1-4H3/t15-/m0/s1. The maximum atomic E-state index is 12.1. The van der Waals surface area contributed by atoms with E-state index in [0.29, 0.717) is 11.6 Å². The number of benzene rings is 2. The number of hydrogen-bond acceptors (Lipinski definition) is 7. The summed E-state index contributed by atoms with van der Waals surface area (Å²) in [7, 11) is 1.60. The largest absolute Gasteiger partial charge is 0.497 e. The molecule has 7 heteroatoms. The summed E-state index contributed by atoms with van der Waals surface area (Å²) < 4.78 is 21.6. The van der Waals surface area contributed by atoms with Gasteiger partial charge in [-0.2, -0.15) is 0 Å². The van der Waals surface area contributed by atoms with E-state index < -0.39 is 12.1 Å². The molecule has 0 radical (unpaired) electrons. The van der Waals surface area contributed by atoms with Crippen LogP contribution in [0.1, 0.15) is 30.0 Å². The van der Waals surface area contributed by atoms with Crippen LogP contribution in [0.25, 0.3) is 11.5 Å². The number of nitrogens with zero attached hydrogens (tertiary/aromatic N) is 2. The molecular weight excluding hydrogens is 360 g/mol. The van der Waals surface area contributed by atoms with Gasteiger partial charge in [0.1, 0.15) is 11.5 Å². The molecule has 0 amide bonds. The molecule has 0 saturated heterocycles. The second kappa shape index (κ2) is 8.56. The maximum absolute atomic E-state index is 12.1. The fourth-order valence-corrected chi connectivity index (χ4v) is 2.55. The Kier molecular flexibility index (Phi) is 5.93. The Bertz CT molecular complexity index is 950. The van der Waals surface area contributed by atoms with Gasteiger partial charge in [0.05, 0.1) is 7.11 Å². The van der Waals surface area contributed by atoms with Gasteiger partial charge in [-0.1, -0.05) is 12.1 Å². The van der Waals surface area contributed by atoms with Crippen LogP contribution in [0.15, 0.2) is 46.9 Å². The Labute approximate surface area is 163 Å². The highest BCUT2D eigenvalue weighted by Gasteiger charge is 2.19. The van der Waals surface area contributed by atoms with E-state index in [4.69, 9.17) is 18.6 Å². The molecule has 1 atom stereocenters. The number of methoxy groups -OCH3 is 1. The summed E-state index contributed by atoms with van der Waals surface area (Å²) >= 11 is 0. The smallest absolute Gasteiger partial charge is 0.344 e. The van der Waals surface area contributed by atoms with E-state index in [1.165, 1.54) is 0 Å². The van der Waals surface area contributed by atoms with Gasteiger partial charge in [0.15, 0.2) is 12.7 Å². The van der Waals surface area contributed by atoms with Crippen LogP contribution in [-0.2, 0) is 9.53 Å². The molecule has 0 saturated carbocycles. The molecule has 3 aromatic rings. The third-order valence-corrected chi connectivity index (χ3v) is 4.33. The van der Waals surface area contributed by atoms with Crippen molar-refractivity contribution >= 4 is 5.97 Å². The third-order valence-electron chi connectivity index (χ3n) is 4.33. The first-order valence-electron chi connectivity index (χ1n) is 8.84. The van der Waals surface area contributed by atoms with E-state index in [1.54, 1.807) is 26.2 Å². The van der Waals surface area contributed by atoms with E-state index in [1.807, 2.05) is 44.2 Å². The van der Waals surface area contributed by atoms with Crippen molar-refractivity contribution in [2.45, 2.75) is 26.9 Å². The average molecular weight is 382 g/mol. The lowest BCUT2D eigenvalue weighted by atomic mass is 10.1. The Morgan fingerprint density at radius 1 is 1.11 bits per heavy atom. The summed E-state index contributed by atoms with van der Waals surface area (Å²) in [5.41, 5.74) is 2.83. The number of carbonyl (C=O) groups is 1. The van der Waals surface area contributed by atoms with Gasteiger partial charge in [-0.05, 0) is 62.2 Å². The summed E-state index contributed by atoms with van der Waals surface area (Å²) in [6, 6.07) is 12.9. The molecule has 1 heterocycles. The molecule has 0 unspecified atom stereocenters. The number of rotatable bonds is 7. The minimum Gasteiger partial charge on any atom is -0.497 e. The van der Waals surface area contributed by atoms with Crippen molar-refractivity contribution in [2.24, 2.45) is 0 Å². The van der Waals surface area contributed by atoms with Crippen molar-refractivity contribution in [1.29, 1.82) is 0 Å². The highest BCUT2D eigenvalue weighted by molar-refractivity contribution is 5.71. The lowest BCUT2D eigenvalue weighted by molar-refractivity contribution is -0.152. The summed E-state index contributed by atoms with van der Waals surface area (Å²) in [5.74, 6) is 1.43. The lowest BCUT2D eigenvalue weighted by Crippen LogP contribution is -2.17. The van der Waals surface area contributed by atoms with Crippen LogP contribution in [0, 0.1) is 13.8 Å². The number of aromatic nitrogens is 2. The SMILES string of the molecule is COc1ccc(-c2nnc([C@H](C)OC(=O)COc3cccc(C)c3C)o2)cc1. The Morgan fingerprint density at radius 3 is 2.57 bits per heavy atom. The zero-order valence-corrected chi connectivity index (χ0v) is 16.3. The molecule has 0 aliphatic carbocycles. The molecule has 2 aromatic carbocycles. The molecule has 0 aliphatic rings. The Balaban J connectivity index is 1.58. The zero-order chi connectivity index (χ0) is 20.1. The number of ether oxygens (including phenoxy) is 3. The molecule has 1 aromatic heterocycles. The number of carbonyl (C=O) groups excluding carboxylic acids is 1. The molecule has 146 valence electrons. The molecule has 3 rings (SSSR count). The van der Waals surface area contributed by atoms with Crippen molar-refractivity contribution in [2.75, 3.05) is 13.7 Å². The van der Waals surface area contributed by atoms with Gasteiger partial charge in [0.2, 0.25) is 5.89 Å². The summed E-state index contributed by atoms with van der Waals surface area (Å²) in [6.07, 6.45) is -0.686. The topological polar surface area (TPSA) is 83.7 Å². The van der Waals surface area contributed by atoms with Crippen LogP contribution >= 0.6 is 0 Å². The van der Waals surface area contributed by atoms with Gasteiger partial charge < -0.3 is 18.6 Å². The van der Waals surface area contributed by atoms with E-state index >= 15 is 0 Å². The lowest BCUT2D eigenvalue weighted by Gasteiger charge is -2.12. The predicted octanol–water partition coefficient (Wildman–Crippen LogP) is 4.05. The summed E-state index contributed by atoms with van der Waals surface area (Å²) in [6.45, 7) is 5.39. The first-order valence-corrected chi connectivity index (χ1v) is 8.84. The summed E-state index contributed by atoms with van der Waals surface area (Å²) in [4.78, 5) is 12.1. The Hall–Kier alpha value is -3.35. The second-order valence-electron chi connectivity index (χ2n) is 6.29. The van der Waals surface area contributed by atoms with E-state index in [0.717, 1.165) is 22.4 Å². The van der Waals surface area contributed by atoms with Gasteiger partial charge in [0, 0.05) is 5.56 Å². The zero-order valence-electron chi connectivity index (χ0n) is 16.3. The third kappa shape index (κ3) is 4.49. The van der Waals surface area contributed by atoms with Crippen molar-refractivity contribution in [3.8, 4) is 23.0 Å². The van der Waals surface area contributed by atoms with Crippen LogP contribution < -0.4 is 9.47 Å². The molecule has 0 fully saturated rings. The average Bonchev–Trinajstić information content (AvgIpc) is 3.19. The quantitative estimate of drug-likeness (QED) is 0.570. The predicted molar refractivity (Wildman–Crippen MR) is 102 cm³/mol. The normalized spacial score (nSPS) is 11.7.